The Balaban J connectivity index is 2.50. The first-order chi connectivity index (χ1) is 9.65. The average Bonchev–Trinajstić information content (AvgIpc) is 2.46. The summed E-state index contributed by atoms with van der Waals surface area (Å²) in [6, 6.07) is 4.23. The van der Waals surface area contributed by atoms with Gasteiger partial charge in [-0.3, -0.25) is 4.98 Å². The van der Waals surface area contributed by atoms with Crippen molar-refractivity contribution < 1.29 is 0 Å². The zero-order valence-corrected chi connectivity index (χ0v) is 14.8. The van der Waals surface area contributed by atoms with Gasteiger partial charge in [0.05, 0.1) is 0 Å². The van der Waals surface area contributed by atoms with Crippen LogP contribution in [0.4, 0.5) is 0 Å². The van der Waals surface area contributed by atoms with Gasteiger partial charge in [0.15, 0.2) is 0 Å². The number of hydrogen-bond donors (Lipinski definition) is 0. The summed E-state index contributed by atoms with van der Waals surface area (Å²) in [5.74, 6) is 0. The fraction of sp³-hybridized carbons (Fsp3) is 0.706. The molecule has 0 aliphatic heterocycles. The fourth-order valence-corrected chi connectivity index (χ4v) is 3.78. The van der Waals surface area contributed by atoms with Crippen molar-refractivity contribution >= 4 is 15.9 Å². The number of nitrogens with zero attached hydrogens (tertiary/aromatic N) is 2. The Bertz CT molecular complexity index is 347. The molecular weight excluding hydrogens is 312 g/mol. The van der Waals surface area contributed by atoms with E-state index in [1.807, 2.05) is 12.4 Å². The predicted octanol–water partition coefficient (Wildman–Crippen LogP) is 4.54. The van der Waals surface area contributed by atoms with Crippen molar-refractivity contribution in [2.75, 3.05) is 25.5 Å². The van der Waals surface area contributed by atoms with Gasteiger partial charge in [0, 0.05) is 30.8 Å². The van der Waals surface area contributed by atoms with Gasteiger partial charge in [-0.1, -0.05) is 42.6 Å². The van der Waals surface area contributed by atoms with Gasteiger partial charge < -0.3 is 4.90 Å². The zero-order chi connectivity index (χ0) is 14.8. The van der Waals surface area contributed by atoms with E-state index < -0.39 is 0 Å². The topological polar surface area (TPSA) is 16.1 Å². The Morgan fingerprint density at radius 2 is 1.75 bits per heavy atom. The van der Waals surface area contributed by atoms with Crippen molar-refractivity contribution in [1.82, 2.24) is 9.88 Å². The number of alkyl halides is 1. The van der Waals surface area contributed by atoms with E-state index in [4.69, 9.17) is 0 Å². The minimum absolute atomic E-state index is 0.441. The molecule has 0 atom stereocenters. The second-order valence-electron chi connectivity index (χ2n) is 5.98. The molecule has 3 heteroatoms. The van der Waals surface area contributed by atoms with Gasteiger partial charge in [0.2, 0.25) is 0 Å². The van der Waals surface area contributed by atoms with Crippen LogP contribution in [0.5, 0.6) is 0 Å². The van der Waals surface area contributed by atoms with Gasteiger partial charge in [-0.25, -0.2) is 0 Å². The zero-order valence-electron chi connectivity index (χ0n) is 13.2. The molecule has 2 nitrogen and oxygen atoms in total. The maximum Gasteiger partial charge on any atom is 0.0270 e. The fourth-order valence-electron chi connectivity index (χ4n) is 3.04. The number of hydrogen-bond acceptors (Lipinski definition) is 2. The van der Waals surface area contributed by atoms with Gasteiger partial charge >= 0.3 is 0 Å². The molecule has 1 heterocycles. The largest absolute Gasteiger partial charge is 0.305 e. The molecule has 0 aliphatic carbocycles. The molecule has 0 saturated carbocycles. The molecule has 0 spiro atoms. The number of rotatable bonds is 10. The van der Waals surface area contributed by atoms with Crippen molar-refractivity contribution in [2.24, 2.45) is 5.41 Å². The molecule has 0 bridgehead atoms. The van der Waals surface area contributed by atoms with Crippen LogP contribution in [0.15, 0.2) is 24.5 Å². The number of pyridine rings is 1. The maximum absolute atomic E-state index is 4.07. The highest BCUT2D eigenvalue weighted by atomic mass is 79.9. The molecule has 114 valence electrons. The first-order valence-electron chi connectivity index (χ1n) is 7.79. The Morgan fingerprint density at radius 3 is 2.25 bits per heavy atom. The first-order valence-corrected chi connectivity index (χ1v) is 8.91. The SMILES string of the molecule is CCCC(CBr)(CCC)CN(C)CCc1ccncc1. The predicted molar refractivity (Wildman–Crippen MR) is 91.5 cm³/mol. The molecule has 1 aromatic heterocycles. The van der Waals surface area contributed by atoms with E-state index in [2.05, 4.69) is 58.8 Å². The van der Waals surface area contributed by atoms with E-state index in [-0.39, 0.29) is 0 Å². The third-order valence-corrected chi connectivity index (χ3v) is 5.17. The van der Waals surface area contributed by atoms with Crippen LogP contribution in [-0.2, 0) is 6.42 Å². The third kappa shape index (κ3) is 5.92. The van der Waals surface area contributed by atoms with Gasteiger partial charge in [-0.2, -0.15) is 0 Å². The van der Waals surface area contributed by atoms with Crippen LogP contribution in [0.25, 0.3) is 0 Å². The van der Waals surface area contributed by atoms with Crippen LogP contribution in [0.1, 0.15) is 45.1 Å². The van der Waals surface area contributed by atoms with Crippen LogP contribution in [0.2, 0.25) is 0 Å². The molecule has 1 rings (SSSR count). The number of likely N-dealkylation sites (N-methyl/N-ethyl adjacent to an activating group) is 1. The van der Waals surface area contributed by atoms with E-state index in [1.165, 1.54) is 37.8 Å². The molecule has 20 heavy (non-hydrogen) atoms. The lowest BCUT2D eigenvalue weighted by Crippen LogP contribution is -2.38. The highest BCUT2D eigenvalue weighted by Crippen LogP contribution is 2.32. The van der Waals surface area contributed by atoms with Crippen LogP contribution < -0.4 is 0 Å². The number of aromatic nitrogens is 1. The second kappa shape index (κ2) is 9.51. The van der Waals surface area contributed by atoms with Crippen molar-refractivity contribution in [1.29, 1.82) is 0 Å². The summed E-state index contributed by atoms with van der Waals surface area (Å²) in [4.78, 5) is 6.57. The van der Waals surface area contributed by atoms with Crippen molar-refractivity contribution in [2.45, 2.75) is 46.0 Å². The van der Waals surface area contributed by atoms with Crippen molar-refractivity contribution in [3.05, 3.63) is 30.1 Å². The summed E-state index contributed by atoms with van der Waals surface area (Å²) in [6.07, 6.45) is 10.0. The summed E-state index contributed by atoms with van der Waals surface area (Å²) in [6.45, 7) is 6.89. The Morgan fingerprint density at radius 1 is 1.15 bits per heavy atom. The standard InChI is InChI=1S/C17H29BrN2/c1-4-9-17(14-18,10-5-2)15-20(3)13-8-16-6-11-19-12-7-16/h6-7,11-12H,4-5,8-10,13-15H2,1-3H3. The van der Waals surface area contributed by atoms with E-state index in [0.717, 1.165) is 18.3 Å². The smallest absolute Gasteiger partial charge is 0.0270 e. The van der Waals surface area contributed by atoms with Gasteiger partial charge in [-0.05, 0) is 49.4 Å². The van der Waals surface area contributed by atoms with Crippen LogP contribution in [0.3, 0.4) is 0 Å². The van der Waals surface area contributed by atoms with Gasteiger partial charge in [0.25, 0.3) is 0 Å². The van der Waals surface area contributed by atoms with E-state index >= 15 is 0 Å². The first kappa shape index (κ1) is 17.6. The lowest BCUT2D eigenvalue weighted by Gasteiger charge is -2.36. The highest BCUT2D eigenvalue weighted by Gasteiger charge is 2.28. The van der Waals surface area contributed by atoms with E-state index in [0.29, 0.717) is 5.41 Å². The van der Waals surface area contributed by atoms with Crippen LogP contribution in [0, 0.1) is 5.41 Å². The van der Waals surface area contributed by atoms with Crippen LogP contribution in [-0.4, -0.2) is 35.4 Å². The quantitative estimate of drug-likeness (QED) is 0.581. The molecule has 0 unspecified atom stereocenters. The summed E-state index contributed by atoms with van der Waals surface area (Å²) in [5, 5.41) is 1.11. The van der Waals surface area contributed by atoms with E-state index in [9.17, 15) is 0 Å². The van der Waals surface area contributed by atoms with Crippen molar-refractivity contribution in [3.8, 4) is 0 Å². The lowest BCUT2D eigenvalue weighted by molar-refractivity contribution is 0.172. The molecule has 0 fully saturated rings. The molecular formula is C17H29BrN2. The molecule has 1 aromatic rings. The van der Waals surface area contributed by atoms with Gasteiger partial charge in [0.1, 0.15) is 0 Å². The molecule has 0 N–H and O–H groups in total. The molecule has 0 saturated heterocycles. The summed E-state index contributed by atoms with van der Waals surface area (Å²) in [7, 11) is 2.25. The average molecular weight is 341 g/mol. The van der Waals surface area contributed by atoms with Gasteiger partial charge in [-0.15, -0.1) is 0 Å². The molecule has 0 amide bonds. The summed E-state index contributed by atoms with van der Waals surface area (Å²) in [5.41, 5.74) is 1.82. The maximum atomic E-state index is 4.07. The van der Waals surface area contributed by atoms with Crippen molar-refractivity contribution in [3.63, 3.8) is 0 Å². The Hall–Kier alpha value is -0.410. The highest BCUT2D eigenvalue weighted by molar-refractivity contribution is 9.09. The molecule has 0 radical (unpaired) electrons. The third-order valence-electron chi connectivity index (χ3n) is 3.98. The second-order valence-corrected chi connectivity index (χ2v) is 6.54. The minimum atomic E-state index is 0.441. The Kier molecular flexibility index (Phi) is 8.39. The van der Waals surface area contributed by atoms with E-state index in [1.54, 1.807) is 0 Å². The molecule has 0 aromatic carbocycles. The number of halogens is 1. The lowest BCUT2D eigenvalue weighted by atomic mass is 9.80. The normalized spacial score (nSPS) is 12.1. The molecule has 0 aliphatic rings. The summed E-state index contributed by atoms with van der Waals surface area (Å²) < 4.78 is 0. The summed E-state index contributed by atoms with van der Waals surface area (Å²) >= 11 is 3.76. The van der Waals surface area contributed by atoms with Crippen LogP contribution >= 0.6 is 15.9 Å². The monoisotopic (exact) mass is 340 g/mol. The Labute approximate surface area is 133 Å². The minimum Gasteiger partial charge on any atom is -0.305 e.